The van der Waals surface area contributed by atoms with Gasteiger partial charge >= 0.3 is 0 Å². The molecule has 1 N–H and O–H groups in total. The number of imidazole rings is 1. The molecule has 0 saturated heterocycles. The lowest BCUT2D eigenvalue weighted by atomic mass is 10.1. The molecule has 0 fully saturated rings. The minimum atomic E-state index is -3.61. The lowest BCUT2D eigenvalue weighted by Crippen LogP contribution is -2.26. The summed E-state index contributed by atoms with van der Waals surface area (Å²) < 4.78 is 42.1. The van der Waals surface area contributed by atoms with Gasteiger partial charge < -0.3 is 4.57 Å². The lowest BCUT2D eigenvalue weighted by molar-refractivity contribution is 0.581. The number of benzene rings is 2. The molecule has 3 rings (SSSR count). The minimum absolute atomic E-state index is 0.187. The maximum absolute atomic E-state index is 12.9. The zero-order valence-electron chi connectivity index (χ0n) is 13.5. The molecule has 126 valence electrons. The van der Waals surface area contributed by atoms with Crippen molar-refractivity contribution in [2.24, 2.45) is 7.05 Å². The Morgan fingerprint density at radius 3 is 2.58 bits per heavy atom. The number of hydrogen-bond acceptors (Lipinski definition) is 3. The molecule has 24 heavy (non-hydrogen) atoms. The highest BCUT2D eigenvalue weighted by molar-refractivity contribution is 7.89. The second kappa shape index (κ2) is 6.33. The highest BCUT2D eigenvalue weighted by Gasteiger charge is 2.15. The molecular weight excluding hydrogens is 329 g/mol. The van der Waals surface area contributed by atoms with Gasteiger partial charge in [0.25, 0.3) is 0 Å². The fraction of sp³-hybridized carbons (Fsp3) is 0.235. The van der Waals surface area contributed by atoms with Crippen LogP contribution in [0, 0.1) is 12.7 Å². The second-order valence-corrected chi connectivity index (χ2v) is 7.41. The molecular formula is C17H18FN3O2S. The normalized spacial score (nSPS) is 12.0. The first kappa shape index (κ1) is 16.6. The van der Waals surface area contributed by atoms with Gasteiger partial charge in [-0.05, 0) is 49.2 Å². The lowest BCUT2D eigenvalue weighted by Gasteiger charge is -2.07. The summed E-state index contributed by atoms with van der Waals surface area (Å²) in [5.74, 6) is 0.516. The number of sulfonamides is 1. The van der Waals surface area contributed by atoms with Gasteiger partial charge in [0.05, 0.1) is 15.9 Å². The number of halogens is 1. The van der Waals surface area contributed by atoms with E-state index in [2.05, 4.69) is 9.71 Å². The fourth-order valence-corrected chi connectivity index (χ4v) is 3.58. The number of fused-ring (bicyclic) bond motifs is 1. The summed E-state index contributed by atoms with van der Waals surface area (Å²) in [5.41, 5.74) is 2.41. The predicted molar refractivity (Wildman–Crippen MR) is 90.7 cm³/mol. The SMILES string of the molecule is Cc1nc2cc(S(=O)(=O)NCCc3ccc(F)cc3)ccc2n1C. The van der Waals surface area contributed by atoms with Gasteiger partial charge in [0.2, 0.25) is 10.0 Å². The summed E-state index contributed by atoms with van der Waals surface area (Å²) in [7, 11) is -1.72. The zero-order valence-corrected chi connectivity index (χ0v) is 14.3. The second-order valence-electron chi connectivity index (χ2n) is 5.64. The van der Waals surface area contributed by atoms with Gasteiger partial charge in [-0.15, -0.1) is 0 Å². The highest BCUT2D eigenvalue weighted by Crippen LogP contribution is 2.19. The van der Waals surface area contributed by atoms with Crippen molar-refractivity contribution in [1.29, 1.82) is 0 Å². The van der Waals surface area contributed by atoms with Crippen LogP contribution in [-0.2, 0) is 23.5 Å². The van der Waals surface area contributed by atoms with Gasteiger partial charge in [-0.25, -0.2) is 22.5 Å². The molecule has 0 aliphatic heterocycles. The number of rotatable bonds is 5. The van der Waals surface area contributed by atoms with Crippen LogP contribution in [0.1, 0.15) is 11.4 Å². The molecule has 0 spiro atoms. The van der Waals surface area contributed by atoms with E-state index in [0.29, 0.717) is 11.9 Å². The number of nitrogens with one attached hydrogen (secondary N) is 1. The summed E-state index contributed by atoms with van der Waals surface area (Å²) in [6.45, 7) is 2.11. The molecule has 0 amide bonds. The molecule has 1 aromatic heterocycles. The summed E-state index contributed by atoms with van der Waals surface area (Å²) in [5, 5.41) is 0. The van der Waals surface area contributed by atoms with Crippen molar-refractivity contribution in [3.63, 3.8) is 0 Å². The topological polar surface area (TPSA) is 64.0 Å². The van der Waals surface area contributed by atoms with Gasteiger partial charge in [0, 0.05) is 13.6 Å². The summed E-state index contributed by atoms with van der Waals surface area (Å²) >= 11 is 0. The Labute approximate surface area is 140 Å². The highest BCUT2D eigenvalue weighted by atomic mass is 32.2. The average Bonchev–Trinajstić information content (AvgIpc) is 2.83. The Balaban J connectivity index is 1.74. The largest absolute Gasteiger partial charge is 0.331 e. The zero-order chi connectivity index (χ0) is 17.3. The van der Waals surface area contributed by atoms with Crippen LogP contribution in [0.2, 0.25) is 0 Å². The maximum atomic E-state index is 12.9. The molecule has 0 unspecified atom stereocenters. The summed E-state index contributed by atoms with van der Waals surface area (Å²) in [6.07, 6.45) is 0.491. The first-order valence-corrected chi connectivity index (χ1v) is 9.02. The molecule has 0 aliphatic carbocycles. The van der Waals surface area contributed by atoms with Crippen LogP contribution in [0.25, 0.3) is 11.0 Å². The van der Waals surface area contributed by atoms with Crippen molar-refractivity contribution in [2.75, 3.05) is 6.54 Å². The monoisotopic (exact) mass is 347 g/mol. The van der Waals surface area contributed by atoms with Gasteiger partial charge in [0.1, 0.15) is 11.6 Å². The number of nitrogens with zero attached hydrogens (tertiary/aromatic N) is 2. The molecule has 1 heterocycles. The van der Waals surface area contributed by atoms with E-state index >= 15 is 0 Å². The number of aryl methyl sites for hydroxylation is 2. The van der Waals surface area contributed by atoms with Crippen molar-refractivity contribution in [3.8, 4) is 0 Å². The van der Waals surface area contributed by atoms with E-state index in [0.717, 1.165) is 16.9 Å². The molecule has 0 aliphatic rings. The molecule has 5 nitrogen and oxygen atoms in total. The van der Waals surface area contributed by atoms with Crippen LogP contribution in [-0.4, -0.2) is 24.5 Å². The first-order valence-electron chi connectivity index (χ1n) is 7.54. The van der Waals surface area contributed by atoms with Crippen molar-refractivity contribution >= 4 is 21.1 Å². The van der Waals surface area contributed by atoms with Crippen molar-refractivity contribution in [1.82, 2.24) is 14.3 Å². The number of aromatic nitrogens is 2. The van der Waals surface area contributed by atoms with E-state index in [1.54, 1.807) is 30.3 Å². The third-order valence-electron chi connectivity index (χ3n) is 4.01. The molecule has 0 saturated carbocycles. The Bertz CT molecular complexity index is 979. The molecule has 7 heteroatoms. The average molecular weight is 347 g/mol. The predicted octanol–water partition coefficient (Wildman–Crippen LogP) is 2.54. The van der Waals surface area contributed by atoms with Gasteiger partial charge in [-0.2, -0.15) is 0 Å². The Morgan fingerprint density at radius 2 is 1.88 bits per heavy atom. The number of hydrogen-bond donors (Lipinski definition) is 1. The van der Waals surface area contributed by atoms with Crippen LogP contribution in [0.4, 0.5) is 4.39 Å². The Morgan fingerprint density at radius 1 is 1.17 bits per heavy atom. The molecule has 2 aromatic carbocycles. The van der Waals surface area contributed by atoms with E-state index in [-0.39, 0.29) is 17.3 Å². The van der Waals surface area contributed by atoms with E-state index in [9.17, 15) is 12.8 Å². The summed E-state index contributed by atoms with van der Waals surface area (Å²) in [4.78, 5) is 4.55. The Kier molecular flexibility index (Phi) is 4.38. The van der Waals surface area contributed by atoms with E-state index in [4.69, 9.17) is 0 Å². The van der Waals surface area contributed by atoms with Crippen LogP contribution >= 0.6 is 0 Å². The van der Waals surface area contributed by atoms with E-state index < -0.39 is 10.0 Å². The standard InChI is InChI=1S/C17H18FN3O2S/c1-12-20-16-11-15(7-8-17(16)21(12)2)24(22,23)19-10-9-13-3-5-14(18)6-4-13/h3-8,11,19H,9-10H2,1-2H3. The van der Waals surface area contributed by atoms with E-state index in [1.165, 1.54) is 12.1 Å². The fourth-order valence-electron chi connectivity index (χ4n) is 2.53. The van der Waals surface area contributed by atoms with Crippen molar-refractivity contribution < 1.29 is 12.8 Å². The molecule has 0 radical (unpaired) electrons. The van der Waals surface area contributed by atoms with Crippen molar-refractivity contribution in [2.45, 2.75) is 18.2 Å². The maximum Gasteiger partial charge on any atom is 0.240 e. The van der Waals surface area contributed by atoms with Crippen LogP contribution in [0.15, 0.2) is 47.4 Å². The molecule has 0 atom stereocenters. The summed E-state index contributed by atoms with van der Waals surface area (Å²) in [6, 6.07) is 10.9. The molecule has 3 aromatic rings. The third-order valence-corrected chi connectivity index (χ3v) is 5.46. The van der Waals surface area contributed by atoms with Crippen LogP contribution in [0.3, 0.4) is 0 Å². The van der Waals surface area contributed by atoms with Gasteiger partial charge in [0.15, 0.2) is 0 Å². The smallest absolute Gasteiger partial charge is 0.240 e. The first-order chi connectivity index (χ1) is 11.4. The van der Waals surface area contributed by atoms with Gasteiger partial charge in [-0.3, -0.25) is 0 Å². The minimum Gasteiger partial charge on any atom is -0.331 e. The van der Waals surface area contributed by atoms with Crippen molar-refractivity contribution in [3.05, 3.63) is 59.7 Å². The van der Waals surface area contributed by atoms with Crippen LogP contribution in [0.5, 0.6) is 0 Å². The van der Waals surface area contributed by atoms with E-state index in [1.807, 2.05) is 18.5 Å². The Hall–Kier alpha value is -2.25. The van der Waals surface area contributed by atoms with Crippen LogP contribution < -0.4 is 4.72 Å². The quantitative estimate of drug-likeness (QED) is 0.771. The third kappa shape index (κ3) is 3.32. The molecule has 0 bridgehead atoms. The van der Waals surface area contributed by atoms with Gasteiger partial charge in [-0.1, -0.05) is 12.1 Å².